The SMILES string of the molecule is COc1cccc(OC)c1OCC(O)CNC(=O)c1ccc(S(=O)(=O)NC(C)(C)C)cc1. The zero-order chi connectivity index (χ0) is 23.9. The summed E-state index contributed by atoms with van der Waals surface area (Å²) in [5.74, 6) is 0.809. The number of para-hydroxylation sites is 1. The number of rotatable bonds is 10. The van der Waals surface area contributed by atoms with E-state index in [4.69, 9.17) is 14.2 Å². The highest BCUT2D eigenvalue weighted by molar-refractivity contribution is 7.89. The van der Waals surface area contributed by atoms with Crippen LogP contribution in [0.5, 0.6) is 17.2 Å². The first-order valence-electron chi connectivity index (χ1n) is 9.91. The van der Waals surface area contributed by atoms with E-state index in [1.54, 1.807) is 39.0 Å². The maximum atomic E-state index is 12.3. The number of carbonyl (C=O) groups is 1. The lowest BCUT2D eigenvalue weighted by atomic mass is 10.1. The van der Waals surface area contributed by atoms with Crippen LogP contribution >= 0.6 is 0 Å². The third kappa shape index (κ3) is 7.11. The number of methoxy groups -OCH3 is 2. The summed E-state index contributed by atoms with van der Waals surface area (Å²) in [6.45, 7) is 5.05. The van der Waals surface area contributed by atoms with E-state index in [2.05, 4.69) is 10.0 Å². The van der Waals surface area contributed by atoms with Crippen molar-refractivity contribution in [3.8, 4) is 17.2 Å². The van der Waals surface area contributed by atoms with Gasteiger partial charge >= 0.3 is 0 Å². The Morgan fingerprint density at radius 1 is 1.03 bits per heavy atom. The van der Waals surface area contributed by atoms with E-state index in [0.717, 1.165) is 0 Å². The van der Waals surface area contributed by atoms with Crippen LogP contribution in [-0.2, 0) is 10.0 Å². The van der Waals surface area contributed by atoms with E-state index in [-0.39, 0.29) is 23.6 Å². The van der Waals surface area contributed by atoms with Crippen molar-refractivity contribution in [2.45, 2.75) is 37.3 Å². The van der Waals surface area contributed by atoms with E-state index < -0.39 is 27.6 Å². The Morgan fingerprint density at radius 3 is 2.09 bits per heavy atom. The molecule has 9 nitrogen and oxygen atoms in total. The van der Waals surface area contributed by atoms with Crippen LogP contribution in [0.15, 0.2) is 47.4 Å². The summed E-state index contributed by atoms with van der Waals surface area (Å²) in [5, 5.41) is 12.8. The predicted molar refractivity (Wildman–Crippen MR) is 120 cm³/mol. The molecular weight excluding hydrogens is 436 g/mol. The second kappa shape index (κ2) is 10.7. The number of hydrogen-bond acceptors (Lipinski definition) is 7. The largest absolute Gasteiger partial charge is 0.493 e. The van der Waals surface area contributed by atoms with E-state index in [1.807, 2.05) is 0 Å². The van der Waals surface area contributed by atoms with Crippen molar-refractivity contribution in [1.29, 1.82) is 0 Å². The van der Waals surface area contributed by atoms with Gasteiger partial charge in [0.1, 0.15) is 12.7 Å². The Labute approximate surface area is 188 Å². The Hall–Kier alpha value is -2.82. The minimum atomic E-state index is -3.69. The fourth-order valence-electron chi connectivity index (χ4n) is 2.76. The molecule has 1 amide bonds. The molecule has 0 bridgehead atoms. The second-order valence-corrected chi connectivity index (χ2v) is 9.73. The Morgan fingerprint density at radius 2 is 1.59 bits per heavy atom. The number of aliphatic hydroxyl groups excluding tert-OH is 1. The Balaban J connectivity index is 1.93. The van der Waals surface area contributed by atoms with Crippen molar-refractivity contribution in [3.05, 3.63) is 48.0 Å². The zero-order valence-electron chi connectivity index (χ0n) is 18.8. The molecule has 10 heteroatoms. The number of amides is 1. The highest BCUT2D eigenvalue weighted by atomic mass is 32.2. The predicted octanol–water partition coefficient (Wildman–Crippen LogP) is 1.95. The van der Waals surface area contributed by atoms with Crippen molar-refractivity contribution in [1.82, 2.24) is 10.0 Å². The number of nitrogens with one attached hydrogen (secondary N) is 2. The molecule has 3 N–H and O–H groups in total. The number of ether oxygens (including phenoxy) is 3. The Bertz CT molecular complexity index is 993. The summed E-state index contributed by atoms with van der Waals surface area (Å²) in [7, 11) is -0.702. The lowest BCUT2D eigenvalue weighted by molar-refractivity contribution is 0.0833. The molecule has 0 saturated heterocycles. The van der Waals surface area contributed by atoms with Crippen LogP contribution in [0, 0.1) is 0 Å². The minimum Gasteiger partial charge on any atom is -0.493 e. The van der Waals surface area contributed by atoms with Crippen LogP contribution in [-0.4, -0.2) is 58.4 Å². The van der Waals surface area contributed by atoms with Crippen LogP contribution in [0.1, 0.15) is 31.1 Å². The summed E-state index contributed by atoms with van der Waals surface area (Å²) < 4.78 is 43.3. The number of sulfonamides is 1. The normalized spacial score (nSPS) is 12.7. The molecule has 2 aromatic rings. The summed E-state index contributed by atoms with van der Waals surface area (Å²) in [4.78, 5) is 12.4. The van der Waals surface area contributed by atoms with Gasteiger partial charge in [-0.25, -0.2) is 13.1 Å². The molecule has 2 rings (SSSR count). The van der Waals surface area contributed by atoms with Crippen molar-refractivity contribution in [3.63, 3.8) is 0 Å². The quantitative estimate of drug-likeness (QED) is 0.489. The first-order chi connectivity index (χ1) is 15.0. The van der Waals surface area contributed by atoms with Gasteiger partial charge in [-0.3, -0.25) is 4.79 Å². The van der Waals surface area contributed by atoms with Crippen molar-refractivity contribution >= 4 is 15.9 Å². The highest BCUT2D eigenvalue weighted by Crippen LogP contribution is 2.36. The zero-order valence-corrected chi connectivity index (χ0v) is 19.7. The molecule has 0 aliphatic carbocycles. The van der Waals surface area contributed by atoms with E-state index in [0.29, 0.717) is 17.2 Å². The van der Waals surface area contributed by atoms with Gasteiger partial charge in [-0.15, -0.1) is 0 Å². The molecule has 1 atom stereocenters. The third-order valence-corrected chi connectivity index (χ3v) is 5.94. The lowest BCUT2D eigenvalue weighted by Gasteiger charge is -2.20. The molecule has 0 saturated carbocycles. The van der Waals surface area contributed by atoms with Gasteiger partial charge in [-0.05, 0) is 57.2 Å². The highest BCUT2D eigenvalue weighted by Gasteiger charge is 2.22. The van der Waals surface area contributed by atoms with Crippen molar-refractivity contribution in [2.75, 3.05) is 27.4 Å². The second-order valence-electron chi connectivity index (χ2n) is 8.05. The van der Waals surface area contributed by atoms with E-state index in [9.17, 15) is 18.3 Å². The van der Waals surface area contributed by atoms with Crippen LogP contribution < -0.4 is 24.2 Å². The molecule has 176 valence electrons. The molecule has 1 unspecified atom stereocenters. The molecule has 32 heavy (non-hydrogen) atoms. The lowest BCUT2D eigenvalue weighted by Crippen LogP contribution is -2.40. The first kappa shape index (κ1) is 25.4. The average Bonchev–Trinajstić information content (AvgIpc) is 2.74. The summed E-state index contributed by atoms with van der Waals surface area (Å²) in [6, 6.07) is 10.7. The van der Waals surface area contributed by atoms with Crippen LogP contribution in [0.2, 0.25) is 0 Å². The van der Waals surface area contributed by atoms with Gasteiger partial charge in [-0.2, -0.15) is 0 Å². The van der Waals surface area contributed by atoms with Gasteiger partial charge in [0, 0.05) is 17.6 Å². The van der Waals surface area contributed by atoms with Gasteiger partial charge in [-0.1, -0.05) is 6.07 Å². The van der Waals surface area contributed by atoms with Gasteiger partial charge in [0.05, 0.1) is 19.1 Å². The van der Waals surface area contributed by atoms with Crippen LogP contribution in [0.25, 0.3) is 0 Å². The van der Waals surface area contributed by atoms with Gasteiger partial charge in [0.2, 0.25) is 15.8 Å². The van der Waals surface area contributed by atoms with E-state index >= 15 is 0 Å². The summed E-state index contributed by atoms with van der Waals surface area (Å²) in [6.07, 6.45) is -0.996. The summed E-state index contributed by atoms with van der Waals surface area (Å²) >= 11 is 0. The molecule has 0 heterocycles. The van der Waals surface area contributed by atoms with Gasteiger partial charge in [0.15, 0.2) is 11.5 Å². The smallest absolute Gasteiger partial charge is 0.251 e. The maximum Gasteiger partial charge on any atom is 0.251 e. The molecular formula is C22H30N2O7S. The third-order valence-electron chi connectivity index (χ3n) is 4.17. The van der Waals surface area contributed by atoms with Gasteiger partial charge in [0.25, 0.3) is 5.91 Å². The molecule has 0 aliphatic heterocycles. The minimum absolute atomic E-state index is 0.0585. The summed E-state index contributed by atoms with van der Waals surface area (Å²) in [5.41, 5.74) is -0.361. The molecule has 0 aliphatic rings. The molecule has 0 spiro atoms. The average molecular weight is 467 g/mol. The van der Waals surface area contributed by atoms with Gasteiger partial charge < -0.3 is 24.6 Å². The molecule has 0 radical (unpaired) electrons. The number of hydrogen-bond donors (Lipinski definition) is 3. The first-order valence-corrected chi connectivity index (χ1v) is 11.4. The Kier molecular flexibility index (Phi) is 8.48. The molecule has 0 fully saturated rings. The van der Waals surface area contributed by atoms with Crippen molar-refractivity contribution in [2.24, 2.45) is 0 Å². The number of aliphatic hydroxyl groups is 1. The molecule has 0 aromatic heterocycles. The van der Waals surface area contributed by atoms with Crippen LogP contribution in [0.3, 0.4) is 0 Å². The van der Waals surface area contributed by atoms with Crippen molar-refractivity contribution < 1.29 is 32.5 Å². The fourth-order valence-corrected chi connectivity index (χ4v) is 4.18. The standard InChI is InChI=1S/C22H30N2O7S/c1-22(2,3)24-32(27,28)17-11-9-15(10-12-17)21(26)23-13-16(25)14-31-20-18(29-4)7-6-8-19(20)30-5/h6-12,16,24-25H,13-14H2,1-5H3,(H,23,26). The fraction of sp³-hybridized carbons (Fsp3) is 0.409. The van der Waals surface area contributed by atoms with Crippen LogP contribution in [0.4, 0.5) is 0 Å². The molecule has 2 aromatic carbocycles. The maximum absolute atomic E-state index is 12.3. The monoisotopic (exact) mass is 466 g/mol. The topological polar surface area (TPSA) is 123 Å². The van der Waals surface area contributed by atoms with E-state index in [1.165, 1.54) is 38.5 Å². The number of benzene rings is 2. The number of carbonyl (C=O) groups excluding carboxylic acids is 1.